The van der Waals surface area contributed by atoms with Gasteiger partial charge in [0.25, 0.3) is 0 Å². The number of nitrogens with zero attached hydrogens (tertiary/aromatic N) is 3. The number of aliphatic hydroxyl groups is 1. The molecule has 7 heteroatoms. The predicted octanol–water partition coefficient (Wildman–Crippen LogP) is 1.60. The third-order valence-electron chi connectivity index (χ3n) is 3.03. The summed E-state index contributed by atoms with van der Waals surface area (Å²) < 4.78 is 19.5. The summed E-state index contributed by atoms with van der Waals surface area (Å²) in [4.78, 5) is 12.1. The van der Waals surface area contributed by atoms with Crippen molar-refractivity contribution in [3.05, 3.63) is 53.1 Å². The first-order valence-corrected chi connectivity index (χ1v) is 7.25. The summed E-state index contributed by atoms with van der Waals surface area (Å²) >= 11 is 0. The molecule has 1 heterocycles. The predicted molar refractivity (Wildman–Crippen MR) is 81.8 cm³/mol. The monoisotopic (exact) mass is 319 g/mol. The molecule has 0 aliphatic rings. The van der Waals surface area contributed by atoms with Gasteiger partial charge in [0.2, 0.25) is 0 Å². The van der Waals surface area contributed by atoms with Gasteiger partial charge in [0.1, 0.15) is 5.82 Å². The van der Waals surface area contributed by atoms with Crippen molar-refractivity contribution in [3.8, 4) is 0 Å². The Morgan fingerprint density at radius 3 is 2.78 bits per heavy atom. The molecule has 1 aromatic heterocycles. The van der Waals surface area contributed by atoms with Crippen molar-refractivity contribution in [2.45, 2.75) is 19.9 Å². The third-order valence-corrected chi connectivity index (χ3v) is 3.03. The molecule has 0 radical (unpaired) electrons. The zero-order valence-corrected chi connectivity index (χ0v) is 12.8. The highest BCUT2D eigenvalue weighted by Gasteiger charge is 2.13. The Bertz CT molecular complexity index is 680. The van der Waals surface area contributed by atoms with Crippen LogP contribution in [0.15, 0.2) is 36.0 Å². The average Bonchev–Trinajstić information content (AvgIpc) is 2.97. The molecular weight excluding hydrogens is 301 g/mol. The summed E-state index contributed by atoms with van der Waals surface area (Å²) in [6, 6.07) is 5.80. The number of aliphatic hydroxyl groups excluding tert-OH is 1. The Labute approximate surface area is 133 Å². The van der Waals surface area contributed by atoms with Crippen LogP contribution < -0.4 is 0 Å². The van der Waals surface area contributed by atoms with Gasteiger partial charge in [-0.15, -0.1) is 5.10 Å². The lowest BCUT2D eigenvalue weighted by Gasteiger charge is -2.07. The van der Waals surface area contributed by atoms with Gasteiger partial charge >= 0.3 is 5.97 Å². The first-order valence-electron chi connectivity index (χ1n) is 7.25. The molecule has 23 heavy (non-hydrogen) atoms. The van der Waals surface area contributed by atoms with E-state index >= 15 is 0 Å². The van der Waals surface area contributed by atoms with Crippen LogP contribution in [0.1, 0.15) is 18.2 Å². The number of carbonyl (C=O) groups is 1. The first kappa shape index (κ1) is 16.8. The molecule has 0 saturated heterocycles. The van der Waals surface area contributed by atoms with E-state index in [1.54, 1.807) is 31.3 Å². The van der Waals surface area contributed by atoms with E-state index in [2.05, 4.69) is 10.3 Å². The second-order valence-electron chi connectivity index (χ2n) is 4.82. The van der Waals surface area contributed by atoms with Gasteiger partial charge in [-0.25, -0.2) is 13.9 Å². The van der Waals surface area contributed by atoms with Crippen LogP contribution in [0.2, 0.25) is 0 Å². The highest BCUT2D eigenvalue weighted by molar-refractivity contribution is 5.93. The average molecular weight is 319 g/mol. The van der Waals surface area contributed by atoms with Crippen LogP contribution in [0, 0.1) is 5.82 Å². The van der Waals surface area contributed by atoms with E-state index in [-0.39, 0.29) is 25.6 Å². The summed E-state index contributed by atoms with van der Waals surface area (Å²) in [5.41, 5.74) is 1.70. The van der Waals surface area contributed by atoms with E-state index in [4.69, 9.17) is 9.84 Å². The van der Waals surface area contributed by atoms with Crippen molar-refractivity contribution in [1.29, 1.82) is 0 Å². The van der Waals surface area contributed by atoms with Crippen LogP contribution >= 0.6 is 0 Å². The second-order valence-corrected chi connectivity index (χ2v) is 4.82. The first-order chi connectivity index (χ1) is 11.1. The van der Waals surface area contributed by atoms with Crippen molar-refractivity contribution in [2.75, 3.05) is 13.2 Å². The maximum absolute atomic E-state index is 13.0. The largest absolute Gasteiger partial charge is 0.463 e. The number of benzene rings is 1. The number of ether oxygens (including phenoxy) is 1. The molecule has 1 aromatic carbocycles. The molecule has 122 valence electrons. The standard InChI is InChI=1S/C16H18FN3O3/c1-2-23-16(22)13(9-12-3-5-14(17)6-4-12)10-20-11-15(7-8-21)18-19-20/h3-6,9,11,21H,2,7-8,10H2,1H3/b13-9+. The Morgan fingerprint density at radius 2 is 2.13 bits per heavy atom. The minimum Gasteiger partial charge on any atom is -0.463 e. The van der Waals surface area contributed by atoms with Gasteiger partial charge in [-0.1, -0.05) is 17.3 Å². The molecule has 0 aliphatic heterocycles. The normalized spacial score (nSPS) is 11.5. The SMILES string of the molecule is CCOC(=O)/C(=C/c1ccc(F)cc1)Cn1cc(CCO)nn1. The number of esters is 1. The molecule has 6 nitrogen and oxygen atoms in total. The fourth-order valence-corrected chi connectivity index (χ4v) is 1.97. The van der Waals surface area contributed by atoms with Crippen molar-refractivity contribution >= 4 is 12.0 Å². The van der Waals surface area contributed by atoms with Crippen molar-refractivity contribution in [1.82, 2.24) is 15.0 Å². The molecule has 0 amide bonds. The Hall–Kier alpha value is -2.54. The number of hydrogen-bond acceptors (Lipinski definition) is 5. The fourth-order valence-electron chi connectivity index (χ4n) is 1.97. The molecule has 2 aromatic rings. The van der Waals surface area contributed by atoms with E-state index < -0.39 is 5.97 Å². The lowest BCUT2D eigenvalue weighted by atomic mass is 10.1. The van der Waals surface area contributed by atoms with Gasteiger partial charge in [0, 0.05) is 19.2 Å². The van der Waals surface area contributed by atoms with Crippen molar-refractivity contribution in [2.24, 2.45) is 0 Å². The van der Waals surface area contributed by atoms with Crippen LogP contribution in [0.4, 0.5) is 4.39 Å². The molecule has 0 aliphatic carbocycles. The van der Waals surface area contributed by atoms with Gasteiger partial charge < -0.3 is 9.84 Å². The van der Waals surface area contributed by atoms with E-state index in [0.29, 0.717) is 23.3 Å². The maximum atomic E-state index is 13.0. The van der Waals surface area contributed by atoms with Gasteiger partial charge in [-0.05, 0) is 30.7 Å². The second kappa shape index (κ2) is 8.19. The number of carbonyl (C=O) groups excluding carboxylic acids is 1. The quantitative estimate of drug-likeness (QED) is 0.619. The molecule has 0 unspecified atom stereocenters. The van der Waals surface area contributed by atoms with Crippen LogP contribution in [0.25, 0.3) is 6.08 Å². The summed E-state index contributed by atoms with van der Waals surface area (Å²) in [7, 11) is 0. The van der Waals surface area contributed by atoms with Gasteiger partial charge in [-0.3, -0.25) is 0 Å². The smallest absolute Gasteiger partial charge is 0.335 e. The summed E-state index contributed by atoms with van der Waals surface area (Å²) in [5, 5.41) is 16.7. The number of halogens is 1. The highest BCUT2D eigenvalue weighted by atomic mass is 19.1. The van der Waals surface area contributed by atoms with E-state index in [9.17, 15) is 9.18 Å². The molecule has 0 spiro atoms. The third kappa shape index (κ3) is 5.00. The molecule has 0 bridgehead atoms. The minimum atomic E-state index is -0.462. The lowest BCUT2D eigenvalue weighted by Crippen LogP contribution is -2.13. The number of rotatable bonds is 7. The summed E-state index contributed by atoms with van der Waals surface area (Å²) in [6.07, 6.45) is 3.69. The van der Waals surface area contributed by atoms with Crippen LogP contribution in [0.5, 0.6) is 0 Å². The van der Waals surface area contributed by atoms with Crippen LogP contribution in [-0.4, -0.2) is 39.3 Å². The molecule has 1 N–H and O–H groups in total. The minimum absolute atomic E-state index is 0.0190. The Morgan fingerprint density at radius 1 is 1.39 bits per heavy atom. The maximum Gasteiger partial charge on any atom is 0.335 e. The topological polar surface area (TPSA) is 77.2 Å². The van der Waals surface area contributed by atoms with E-state index in [1.165, 1.54) is 16.8 Å². The van der Waals surface area contributed by atoms with Crippen molar-refractivity contribution in [3.63, 3.8) is 0 Å². The van der Waals surface area contributed by atoms with Gasteiger partial charge in [0.05, 0.1) is 24.4 Å². The number of hydrogen-bond donors (Lipinski definition) is 1. The summed E-state index contributed by atoms with van der Waals surface area (Å²) in [6.45, 7) is 2.14. The fraction of sp³-hybridized carbons (Fsp3) is 0.312. The molecule has 0 fully saturated rings. The van der Waals surface area contributed by atoms with E-state index in [0.717, 1.165) is 0 Å². The molecular formula is C16H18FN3O3. The molecule has 0 saturated carbocycles. The van der Waals surface area contributed by atoms with Gasteiger partial charge in [-0.2, -0.15) is 0 Å². The van der Waals surface area contributed by atoms with Crippen LogP contribution in [0.3, 0.4) is 0 Å². The zero-order chi connectivity index (χ0) is 16.7. The summed E-state index contributed by atoms with van der Waals surface area (Å²) in [5.74, 6) is -0.805. The lowest BCUT2D eigenvalue weighted by molar-refractivity contribution is -0.138. The van der Waals surface area contributed by atoms with E-state index in [1.807, 2.05) is 0 Å². The number of aromatic nitrogens is 3. The van der Waals surface area contributed by atoms with Crippen LogP contribution in [-0.2, 0) is 22.5 Å². The van der Waals surface area contributed by atoms with Gasteiger partial charge in [0.15, 0.2) is 0 Å². The Kier molecular flexibility index (Phi) is 5.99. The zero-order valence-electron chi connectivity index (χ0n) is 12.8. The molecule has 0 atom stereocenters. The molecule has 2 rings (SSSR count). The van der Waals surface area contributed by atoms with Crippen molar-refractivity contribution < 1.29 is 19.0 Å². The highest BCUT2D eigenvalue weighted by Crippen LogP contribution is 2.12. The Balaban J connectivity index is 2.22.